The molecule has 1 atom stereocenters. The van der Waals surface area contributed by atoms with Gasteiger partial charge in [0.25, 0.3) is 0 Å². The second-order valence-electron chi connectivity index (χ2n) is 5.04. The zero-order valence-corrected chi connectivity index (χ0v) is 10.8. The molecule has 17 heavy (non-hydrogen) atoms. The maximum absolute atomic E-state index is 11.8. The van der Waals surface area contributed by atoms with E-state index in [1.54, 1.807) is 4.90 Å². The number of carbonyl (C=O) groups is 2. The summed E-state index contributed by atoms with van der Waals surface area (Å²) in [5, 5.41) is 12.3. The van der Waals surface area contributed by atoms with Gasteiger partial charge in [0.2, 0.25) is 5.91 Å². The summed E-state index contributed by atoms with van der Waals surface area (Å²) in [5.74, 6) is -0.789. The summed E-state index contributed by atoms with van der Waals surface area (Å²) in [4.78, 5) is 24.7. The summed E-state index contributed by atoms with van der Waals surface area (Å²) in [6, 6.07) is 0.261. The first-order chi connectivity index (χ1) is 7.91. The molecule has 0 aromatic rings. The predicted molar refractivity (Wildman–Crippen MR) is 64.7 cm³/mol. The number of rotatable bonds is 5. The fourth-order valence-corrected chi connectivity index (χ4v) is 2.10. The first kappa shape index (κ1) is 14.0. The van der Waals surface area contributed by atoms with E-state index in [1.165, 1.54) is 0 Å². The molecule has 0 aromatic heterocycles. The van der Waals surface area contributed by atoms with Crippen molar-refractivity contribution in [2.75, 3.05) is 19.6 Å². The normalized spacial score (nSPS) is 24.4. The van der Waals surface area contributed by atoms with Crippen LogP contribution in [0.1, 0.15) is 33.6 Å². The van der Waals surface area contributed by atoms with Gasteiger partial charge < -0.3 is 15.3 Å². The molecule has 2 N–H and O–H groups in total. The molecule has 1 saturated heterocycles. The second kappa shape index (κ2) is 5.49. The van der Waals surface area contributed by atoms with Crippen LogP contribution in [0, 0.1) is 5.41 Å². The van der Waals surface area contributed by atoms with Crippen LogP contribution in [0.5, 0.6) is 0 Å². The largest absolute Gasteiger partial charge is 0.481 e. The Labute approximate surface area is 102 Å². The van der Waals surface area contributed by atoms with Gasteiger partial charge in [-0.25, -0.2) is 0 Å². The molecule has 0 aliphatic carbocycles. The van der Waals surface area contributed by atoms with Crippen molar-refractivity contribution in [1.29, 1.82) is 0 Å². The molecule has 98 valence electrons. The Morgan fingerprint density at radius 1 is 1.47 bits per heavy atom. The lowest BCUT2D eigenvalue weighted by molar-refractivity contribution is -0.148. The lowest BCUT2D eigenvalue weighted by atomic mass is 9.84. The molecule has 1 heterocycles. The van der Waals surface area contributed by atoms with Crippen LogP contribution < -0.4 is 5.32 Å². The van der Waals surface area contributed by atoms with Gasteiger partial charge in [0.05, 0.1) is 12.0 Å². The number of hydrogen-bond donors (Lipinski definition) is 2. The fraction of sp³-hybridized carbons (Fsp3) is 0.833. The minimum atomic E-state index is -0.785. The van der Waals surface area contributed by atoms with E-state index in [0.29, 0.717) is 25.9 Å². The standard InChI is InChI=1S/C12H22N2O3/c1-4-12(11(16)17)5-6-14(8-12)10(15)7-13-9(2)3/h9,13H,4-8H2,1-3H3,(H,16,17). The SMILES string of the molecule is CCC1(C(=O)O)CCN(C(=O)CNC(C)C)C1. The van der Waals surface area contributed by atoms with E-state index >= 15 is 0 Å². The number of amides is 1. The van der Waals surface area contributed by atoms with Crippen LogP contribution in [-0.2, 0) is 9.59 Å². The van der Waals surface area contributed by atoms with E-state index in [-0.39, 0.29) is 18.5 Å². The van der Waals surface area contributed by atoms with Crippen molar-refractivity contribution in [3.05, 3.63) is 0 Å². The van der Waals surface area contributed by atoms with Crippen molar-refractivity contribution in [3.8, 4) is 0 Å². The van der Waals surface area contributed by atoms with Crippen LogP contribution in [0.3, 0.4) is 0 Å². The van der Waals surface area contributed by atoms with Gasteiger partial charge in [0.15, 0.2) is 0 Å². The summed E-state index contributed by atoms with van der Waals surface area (Å²) >= 11 is 0. The van der Waals surface area contributed by atoms with Crippen molar-refractivity contribution in [1.82, 2.24) is 10.2 Å². The molecule has 1 unspecified atom stereocenters. The minimum Gasteiger partial charge on any atom is -0.481 e. The van der Waals surface area contributed by atoms with Crippen molar-refractivity contribution >= 4 is 11.9 Å². The molecule has 1 amide bonds. The molecule has 0 radical (unpaired) electrons. The van der Waals surface area contributed by atoms with Crippen LogP contribution in [-0.4, -0.2) is 47.6 Å². The van der Waals surface area contributed by atoms with Crippen LogP contribution in [0.15, 0.2) is 0 Å². The van der Waals surface area contributed by atoms with Crippen molar-refractivity contribution in [2.24, 2.45) is 5.41 Å². The van der Waals surface area contributed by atoms with Gasteiger partial charge >= 0.3 is 5.97 Å². The predicted octanol–water partition coefficient (Wildman–Crippen LogP) is 0.698. The third-order valence-corrected chi connectivity index (χ3v) is 3.50. The van der Waals surface area contributed by atoms with Gasteiger partial charge in [-0.3, -0.25) is 9.59 Å². The Kier molecular flexibility index (Phi) is 4.51. The number of nitrogens with one attached hydrogen (secondary N) is 1. The average molecular weight is 242 g/mol. The minimum absolute atomic E-state index is 0.00437. The molecule has 0 spiro atoms. The van der Waals surface area contributed by atoms with Gasteiger partial charge in [-0.2, -0.15) is 0 Å². The van der Waals surface area contributed by atoms with Crippen LogP contribution >= 0.6 is 0 Å². The van der Waals surface area contributed by atoms with Gasteiger partial charge in [-0.1, -0.05) is 20.8 Å². The second-order valence-corrected chi connectivity index (χ2v) is 5.04. The summed E-state index contributed by atoms with van der Waals surface area (Å²) < 4.78 is 0. The highest BCUT2D eigenvalue weighted by atomic mass is 16.4. The molecule has 0 bridgehead atoms. The maximum Gasteiger partial charge on any atom is 0.311 e. The molecule has 1 aliphatic heterocycles. The van der Waals surface area contributed by atoms with Gasteiger partial charge in [-0.15, -0.1) is 0 Å². The highest BCUT2D eigenvalue weighted by molar-refractivity contribution is 5.81. The topological polar surface area (TPSA) is 69.6 Å². The Balaban J connectivity index is 2.54. The Hall–Kier alpha value is -1.10. The smallest absolute Gasteiger partial charge is 0.311 e. The average Bonchev–Trinajstić information content (AvgIpc) is 2.71. The van der Waals surface area contributed by atoms with Crippen molar-refractivity contribution in [3.63, 3.8) is 0 Å². The van der Waals surface area contributed by atoms with E-state index in [1.807, 2.05) is 20.8 Å². The number of nitrogens with zero attached hydrogens (tertiary/aromatic N) is 1. The highest BCUT2D eigenvalue weighted by Crippen LogP contribution is 2.34. The van der Waals surface area contributed by atoms with E-state index in [9.17, 15) is 14.7 Å². The molecule has 0 saturated carbocycles. The number of aliphatic carboxylic acids is 1. The number of carboxylic acids is 1. The first-order valence-corrected chi connectivity index (χ1v) is 6.16. The van der Waals surface area contributed by atoms with Crippen LogP contribution in [0.2, 0.25) is 0 Å². The lowest BCUT2D eigenvalue weighted by Crippen LogP contribution is -2.41. The Bertz CT molecular complexity index is 304. The highest BCUT2D eigenvalue weighted by Gasteiger charge is 2.44. The number of carbonyl (C=O) groups excluding carboxylic acids is 1. The zero-order chi connectivity index (χ0) is 13.1. The van der Waals surface area contributed by atoms with E-state index in [0.717, 1.165) is 0 Å². The molecular weight excluding hydrogens is 220 g/mol. The van der Waals surface area contributed by atoms with Gasteiger partial charge in [0.1, 0.15) is 0 Å². The molecule has 5 heteroatoms. The number of likely N-dealkylation sites (tertiary alicyclic amines) is 1. The van der Waals surface area contributed by atoms with Crippen molar-refractivity contribution in [2.45, 2.75) is 39.7 Å². The molecule has 1 rings (SSSR count). The number of hydrogen-bond acceptors (Lipinski definition) is 3. The van der Waals surface area contributed by atoms with E-state index in [2.05, 4.69) is 5.32 Å². The zero-order valence-electron chi connectivity index (χ0n) is 10.8. The summed E-state index contributed by atoms with van der Waals surface area (Å²) in [7, 11) is 0. The first-order valence-electron chi connectivity index (χ1n) is 6.16. The Morgan fingerprint density at radius 3 is 2.53 bits per heavy atom. The molecule has 1 aliphatic rings. The quantitative estimate of drug-likeness (QED) is 0.744. The maximum atomic E-state index is 11.8. The fourth-order valence-electron chi connectivity index (χ4n) is 2.10. The Morgan fingerprint density at radius 2 is 2.12 bits per heavy atom. The number of carboxylic acid groups (broad SMARTS) is 1. The summed E-state index contributed by atoms with van der Waals surface area (Å²) in [6.45, 7) is 7.01. The van der Waals surface area contributed by atoms with E-state index in [4.69, 9.17) is 0 Å². The lowest BCUT2D eigenvalue weighted by Gasteiger charge is -2.23. The molecule has 1 fully saturated rings. The summed E-state index contributed by atoms with van der Waals surface area (Å²) in [6.07, 6.45) is 1.13. The third-order valence-electron chi connectivity index (χ3n) is 3.50. The van der Waals surface area contributed by atoms with E-state index < -0.39 is 11.4 Å². The molecule has 0 aromatic carbocycles. The molecule has 5 nitrogen and oxygen atoms in total. The third kappa shape index (κ3) is 3.19. The van der Waals surface area contributed by atoms with Crippen LogP contribution in [0.4, 0.5) is 0 Å². The summed E-state index contributed by atoms with van der Waals surface area (Å²) in [5.41, 5.74) is -0.729. The molecular formula is C12H22N2O3. The monoisotopic (exact) mass is 242 g/mol. The van der Waals surface area contributed by atoms with Crippen LogP contribution in [0.25, 0.3) is 0 Å². The van der Waals surface area contributed by atoms with Gasteiger partial charge in [-0.05, 0) is 12.8 Å². The van der Waals surface area contributed by atoms with Gasteiger partial charge in [0, 0.05) is 19.1 Å². The van der Waals surface area contributed by atoms with Crippen molar-refractivity contribution < 1.29 is 14.7 Å².